The number of likely N-dealkylation sites (N-methyl/N-ethyl adjacent to an activating group) is 1. The molecule has 0 saturated carbocycles. The number of hydrogen-bond donors (Lipinski definition) is 1. The molecule has 1 aromatic heterocycles. The number of methoxy groups -OCH3 is 1. The number of furan rings is 1. The van der Waals surface area contributed by atoms with Crippen LogP contribution in [0, 0.1) is 0 Å². The Labute approximate surface area is 124 Å². The number of hydrogen-bond acceptors (Lipinski definition) is 3. The van der Waals surface area contributed by atoms with Gasteiger partial charge < -0.3 is 19.4 Å². The summed E-state index contributed by atoms with van der Waals surface area (Å²) in [6, 6.07) is 11.2. The molecule has 0 aliphatic carbocycles. The van der Waals surface area contributed by atoms with E-state index in [9.17, 15) is 4.79 Å². The van der Waals surface area contributed by atoms with Gasteiger partial charge in [0.15, 0.2) is 0 Å². The van der Waals surface area contributed by atoms with Crippen LogP contribution in [0.1, 0.15) is 6.92 Å². The zero-order valence-corrected chi connectivity index (χ0v) is 12.3. The zero-order chi connectivity index (χ0) is 15.1. The summed E-state index contributed by atoms with van der Waals surface area (Å²) in [6.45, 7) is 3.68. The van der Waals surface area contributed by atoms with Gasteiger partial charge in [0.1, 0.15) is 5.76 Å². The molecular formula is C16H20N2O3. The van der Waals surface area contributed by atoms with Gasteiger partial charge in [0.2, 0.25) is 0 Å². The number of nitrogens with zero attached hydrogens (tertiary/aromatic N) is 1. The first-order chi connectivity index (χ1) is 10.2. The first-order valence-electron chi connectivity index (χ1n) is 6.93. The fraction of sp³-hybridized carbons (Fsp3) is 0.312. The van der Waals surface area contributed by atoms with E-state index in [4.69, 9.17) is 9.15 Å². The van der Waals surface area contributed by atoms with Gasteiger partial charge in [-0.15, -0.1) is 0 Å². The number of urea groups is 1. The molecule has 0 bridgehead atoms. The maximum atomic E-state index is 12.1. The van der Waals surface area contributed by atoms with Crippen molar-refractivity contribution in [3.05, 3.63) is 42.7 Å². The molecule has 2 aromatic rings. The fourth-order valence-corrected chi connectivity index (χ4v) is 1.97. The number of anilines is 1. The number of benzene rings is 1. The molecule has 21 heavy (non-hydrogen) atoms. The fourth-order valence-electron chi connectivity index (χ4n) is 1.97. The Morgan fingerprint density at radius 1 is 1.29 bits per heavy atom. The van der Waals surface area contributed by atoms with Crippen molar-refractivity contribution in [2.45, 2.75) is 6.92 Å². The van der Waals surface area contributed by atoms with Crippen LogP contribution in [0.5, 0.6) is 0 Å². The Balaban J connectivity index is 1.97. The molecule has 0 atom stereocenters. The second-order valence-electron chi connectivity index (χ2n) is 4.56. The van der Waals surface area contributed by atoms with Crippen LogP contribution in [0.25, 0.3) is 11.3 Å². The number of ether oxygens (including phenoxy) is 1. The number of amides is 2. The number of nitrogens with one attached hydrogen (secondary N) is 1. The molecule has 0 spiro atoms. The molecule has 112 valence electrons. The third-order valence-corrected chi connectivity index (χ3v) is 3.18. The largest absolute Gasteiger partial charge is 0.464 e. The van der Waals surface area contributed by atoms with Crippen molar-refractivity contribution in [2.24, 2.45) is 0 Å². The molecule has 1 heterocycles. The minimum atomic E-state index is -0.125. The minimum Gasteiger partial charge on any atom is -0.464 e. The summed E-state index contributed by atoms with van der Waals surface area (Å²) in [4.78, 5) is 13.8. The molecule has 0 saturated heterocycles. The molecule has 1 N–H and O–H groups in total. The lowest BCUT2D eigenvalue weighted by atomic mass is 10.1. The van der Waals surface area contributed by atoms with Crippen LogP contribution in [0.3, 0.4) is 0 Å². The van der Waals surface area contributed by atoms with Gasteiger partial charge in [0.25, 0.3) is 0 Å². The molecule has 0 unspecified atom stereocenters. The topological polar surface area (TPSA) is 54.7 Å². The monoisotopic (exact) mass is 288 g/mol. The zero-order valence-electron chi connectivity index (χ0n) is 12.3. The predicted octanol–water partition coefficient (Wildman–Crippen LogP) is 3.45. The van der Waals surface area contributed by atoms with Crippen LogP contribution in [-0.4, -0.2) is 37.7 Å². The third kappa shape index (κ3) is 4.10. The van der Waals surface area contributed by atoms with Crippen LogP contribution in [0.2, 0.25) is 0 Å². The highest BCUT2D eigenvalue weighted by atomic mass is 16.5. The molecule has 0 radical (unpaired) electrons. The quantitative estimate of drug-likeness (QED) is 0.885. The van der Waals surface area contributed by atoms with Gasteiger partial charge in [-0.2, -0.15) is 0 Å². The smallest absolute Gasteiger partial charge is 0.321 e. The van der Waals surface area contributed by atoms with Crippen molar-refractivity contribution in [1.29, 1.82) is 0 Å². The summed E-state index contributed by atoms with van der Waals surface area (Å²) in [5.74, 6) is 0.808. The van der Waals surface area contributed by atoms with Gasteiger partial charge in [-0.25, -0.2) is 4.79 Å². The third-order valence-electron chi connectivity index (χ3n) is 3.18. The van der Waals surface area contributed by atoms with E-state index >= 15 is 0 Å². The summed E-state index contributed by atoms with van der Waals surface area (Å²) in [6.07, 6.45) is 1.64. The molecule has 5 nitrogen and oxygen atoms in total. The SMILES string of the molecule is CCN(CCOC)C(=O)Nc1ccc(-c2ccco2)cc1. The van der Waals surface area contributed by atoms with Crippen molar-refractivity contribution >= 4 is 11.7 Å². The summed E-state index contributed by atoms with van der Waals surface area (Å²) in [7, 11) is 1.62. The maximum absolute atomic E-state index is 12.1. The van der Waals surface area contributed by atoms with Crippen LogP contribution < -0.4 is 5.32 Å². The average molecular weight is 288 g/mol. The summed E-state index contributed by atoms with van der Waals surface area (Å²) >= 11 is 0. The van der Waals surface area contributed by atoms with E-state index in [-0.39, 0.29) is 6.03 Å². The van der Waals surface area contributed by atoms with Gasteiger partial charge >= 0.3 is 6.03 Å². The Bertz CT molecular complexity index is 549. The normalized spacial score (nSPS) is 10.4. The van der Waals surface area contributed by atoms with E-state index in [0.717, 1.165) is 17.0 Å². The minimum absolute atomic E-state index is 0.125. The second kappa shape index (κ2) is 7.50. The molecule has 0 fully saturated rings. The van der Waals surface area contributed by atoms with Crippen molar-refractivity contribution in [1.82, 2.24) is 4.90 Å². The van der Waals surface area contributed by atoms with Gasteiger partial charge in [-0.05, 0) is 43.3 Å². The number of carbonyl (C=O) groups is 1. The molecule has 2 amide bonds. The molecule has 2 rings (SSSR count). The Morgan fingerprint density at radius 3 is 2.62 bits per heavy atom. The Hall–Kier alpha value is -2.27. The molecule has 0 aliphatic heterocycles. The van der Waals surface area contributed by atoms with Crippen LogP contribution in [-0.2, 0) is 4.74 Å². The van der Waals surface area contributed by atoms with E-state index in [1.807, 2.05) is 43.3 Å². The Morgan fingerprint density at radius 2 is 2.05 bits per heavy atom. The lowest BCUT2D eigenvalue weighted by molar-refractivity contribution is 0.157. The summed E-state index contributed by atoms with van der Waals surface area (Å²) < 4.78 is 10.3. The Kier molecular flexibility index (Phi) is 5.40. The van der Waals surface area contributed by atoms with E-state index < -0.39 is 0 Å². The number of carbonyl (C=O) groups excluding carboxylic acids is 1. The van der Waals surface area contributed by atoms with Gasteiger partial charge in [-0.3, -0.25) is 0 Å². The van der Waals surface area contributed by atoms with E-state index in [1.165, 1.54) is 0 Å². The standard InChI is InChI=1S/C16H20N2O3/c1-3-18(10-12-20-2)16(19)17-14-8-6-13(7-9-14)15-5-4-11-21-15/h4-9,11H,3,10,12H2,1-2H3,(H,17,19). The van der Waals surface area contributed by atoms with Crippen molar-refractivity contribution < 1.29 is 13.9 Å². The maximum Gasteiger partial charge on any atom is 0.321 e. The van der Waals surface area contributed by atoms with Crippen molar-refractivity contribution in [3.63, 3.8) is 0 Å². The predicted molar refractivity (Wildman–Crippen MR) is 82.3 cm³/mol. The first-order valence-corrected chi connectivity index (χ1v) is 6.93. The summed E-state index contributed by atoms with van der Waals surface area (Å²) in [5, 5.41) is 2.88. The van der Waals surface area contributed by atoms with E-state index in [2.05, 4.69) is 5.32 Å². The highest BCUT2D eigenvalue weighted by Crippen LogP contribution is 2.21. The van der Waals surface area contributed by atoms with Crippen LogP contribution in [0.4, 0.5) is 10.5 Å². The highest BCUT2D eigenvalue weighted by Gasteiger charge is 2.11. The van der Waals surface area contributed by atoms with Gasteiger partial charge in [0, 0.05) is 31.5 Å². The van der Waals surface area contributed by atoms with E-state index in [0.29, 0.717) is 19.7 Å². The van der Waals surface area contributed by atoms with Crippen molar-refractivity contribution in [2.75, 3.05) is 32.1 Å². The molecule has 1 aromatic carbocycles. The van der Waals surface area contributed by atoms with Gasteiger partial charge in [-0.1, -0.05) is 0 Å². The number of rotatable bonds is 6. The molecule has 0 aliphatic rings. The average Bonchev–Trinajstić information content (AvgIpc) is 3.03. The van der Waals surface area contributed by atoms with Crippen molar-refractivity contribution in [3.8, 4) is 11.3 Å². The van der Waals surface area contributed by atoms with Gasteiger partial charge in [0.05, 0.1) is 12.9 Å². The lowest BCUT2D eigenvalue weighted by Gasteiger charge is -2.20. The summed E-state index contributed by atoms with van der Waals surface area (Å²) in [5.41, 5.74) is 1.73. The first kappa shape index (κ1) is 15.1. The highest BCUT2D eigenvalue weighted by molar-refractivity contribution is 5.89. The second-order valence-corrected chi connectivity index (χ2v) is 4.56. The van der Waals surface area contributed by atoms with Crippen LogP contribution in [0.15, 0.2) is 47.1 Å². The van der Waals surface area contributed by atoms with Crippen LogP contribution >= 0.6 is 0 Å². The lowest BCUT2D eigenvalue weighted by Crippen LogP contribution is -2.37. The van der Waals surface area contributed by atoms with E-state index in [1.54, 1.807) is 18.3 Å². The molecule has 5 heteroatoms. The molecular weight excluding hydrogens is 268 g/mol.